The molecule has 2 aliphatic rings. The number of carbonyl (C=O) groups excluding carboxylic acids is 6. The predicted octanol–water partition coefficient (Wildman–Crippen LogP) is -0.200. The van der Waals surface area contributed by atoms with Gasteiger partial charge in [0, 0.05) is 31.3 Å². The molecule has 2 fully saturated rings. The normalized spacial score (nSPS) is 18.7. The van der Waals surface area contributed by atoms with Crippen molar-refractivity contribution in [1.82, 2.24) is 10.1 Å². The van der Waals surface area contributed by atoms with Crippen molar-refractivity contribution < 1.29 is 43.2 Å². The largest absolute Gasteiger partial charge is 0.376 e. The summed E-state index contributed by atoms with van der Waals surface area (Å²) in [6.07, 6.45) is 1.37. The molecule has 0 aromatic carbocycles. The minimum absolute atomic E-state index is 0.000592. The number of carbonyl (C=O) groups is 6. The number of amides is 4. The maximum Gasteiger partial charge on any atom is 0.359 e. The van der Waals surface area contributed by atoms with Gasteiger partial charge in [-0.25, -0.2) is 9.59 Å². The van der Waals surface area contributed by atoms with Crippen molar-refractivity contribution in [2.24, 2.45) is 5.92 Å². The zero-order chi connectivity index (χ0) is 20.8. The summed E-state index contributed by atoms with van der Waals surface area (Å²) in [4.78, 5) is 78.8. The van der Waals surface area contributed by atoms with E-state index in [0.717, 1.165) is 0 Å². The predicted molar refractivity (Wildman–Crippen MR) is 88.1 cm³/mol. The van der Waals surface area contributed by atoms with Crippen LogP contribution in [-0.2, 0) is 43.2 Å². The molecular formula is C17H20N2O9. The smallest absolute Gasteiger partial charge is 0.359 e. The zero-order valence-corrected chi connectivity index (χ0v) is 15.5. The summed E-state index contributed by atoms with van der Waals surface area (Å²) in [5.41, 5.74) is 0.107. The van der Waals surface area contributed by atoms with Crippen molar-refractivity contribution in [2.75, 3.05) is 13.2 Å². The van der Waals surface area contributed by atoms with Gasteiger partial charge in [-0.05, 0) is 19.9 Å². The van der Waals surface area contributed by atoms with Crippen molar-refractivity contribution >= 4 is 35.6 Å². The van der Waals surface area contributed by atoms with E-state index in [9.17, 15) is 28.8 Å². The van der Waals surface area contributed by atoms with Crippen LogP contribution in [-0.4, -0.2) is 58.9 Å². The first kappa shape index (κ1) is 21.2. The Morgan fingerprint density at radius 1 is 0.929 bits per heavy atom. The third-order valence-electron chi connectivity index (χ3n) is 3.97. The second-order valence-electron chi connectivity index (χ2n) is 6.28. The standard InChI is InChI=1S/C17H20N2O9/c1-10(16(24)27-18-12(20)3-4-13(18)21)7-8-26-9-11(2)17(25)28-19-14(22)5-6-15(19)23/h7,11H,3-6,8-9H2,1-2H3. The fraction of sp³-hybridized carbons (Fsp3) is 0.529. The zero-order valence-electron chi connectivity index (χ0n) is 15.5. The van der Waals surface area contributed by atoms with Crippen LogP contribution in [0.3, 0.4) is 0 Å². The van der Waals surface area contributed by atoms with Crippen molar-refractivity contribution in [3.63, 3.8) is 0 Å². The number of hydroxylamine groups is 4. The summed E-state index contributed by atoms with van der Waals surface area (Å²) < 4.78 is 5.25. The third-order valence-corrected chi connectivity index (χ3v) is 3.97. The lowest BCUT2D eigenvalue weighted by Gasteiger charge is -2.16. The fourth-order valence-electron chi connectivity index (χ4n) is 2.23. The fourth-order valence-corrected chi connectivity index (χ4v) is 2.23. The Labute approximate surface area is 160 Å². The van der Waals surface area contributed by atoms with Crippen molar-refractivity contribution in [2.45, 2.75) is 39.5 Å². The van der Waals surface area contributed by atoms with Gasteiger partial charge in [-0.2, -0.15) is 0 Å². The number of rotatable bonds is 8. The van der Waals surface area contributed by atoms with Crippen LogP contribution in [0.1, 0.15) is 39.5 Å². The molecule has 0 aromatic rings. The summed E-state index contributed by atoms with van der Waals surface area (Å²) in [6, 6.07) is 0. The SMILES string of the molecule is CC(=CCOCC(C)C(=O)ON1C(=O)CCC1=O)C(=O)ON1C(=O)CCC1=O. The average molecular weight is 396 g/mol. The van der Waals surface area contributed by atoms with Crippen LogP contribution >= 0.6 is 0 Å². The molecule has 1 unspecified atom stereocenters. The lowest BCUT2D eigenvalue weighted by Crippen LogP contribution is -2.35. The summed E-state index contributed by atoms with van der Waals surface area (Å²) in [6.45, 7) is 2.76. The maximum atomic E-state index is 11.9. The topological polar surface area (TPSA) is 137 Å². The van der Waals surface area contributed by atoms with Crippen LogP contribution in [0.25, 0.3) is 0 Å². The molecule has 2 rings (SSSR count). The summed E-state index contributed by atoms with van der Waals surface area (Å²) >= 11 is 0. The molecule has 0 aromatic heterocycles. The van der Waals surface area contributed by atoms with Gasteiger partial charge in [-0.15, -0.1) is 10.1 Å². The van der Waals surface area contributed by atoms with Gasteiger partial charge in [-0.1, -0.05) is 0 Å². The quantitative estimate of drug-likeness (QED) is 0.310. The highest BCUT2D eigenvalue weighted by Crippen LogP contribution is 2.15. The first-order valence-corrected chi connectivity index (χ1v) is 8.61. The molecule has 0 saturated carbocycles. The highest BCUT2D eigenvalue weighted by molar-refractivity contribution is 6.02. The van der Waals surface area contributed by atoms with E-state index in [1.54, 1.807) is 0 Å². The molecular weight excluding hydrogens is 376 g/mol. The van der Waals surface area contributed by atoms with E-state index >= 15 is 0 Å². The van der Waals surface area contributed by atoms with Gasteiger partial charge >= 0.3 is 11.9 Å². The lowest BCUT2D eigenvalue weighted by atomic mass is 10.2. The summed E-state index contributed by atoms with van der Waals surface area (Å²) in [5, 5.41) is 0.902. The second-order valence-corrected chi connectivity index (χ2v) is 6.28. The van der Waals surface area contributed by atoms with Crippen LogP contribution < -0.4 is 0 Å². The molecule has 0 aliphatic carbocycles. The van der Waals surface area contributed by atoms with E-state index < -0.39 is 41.5 Å². The molecule has 0 bridgehead atoms. The molecule has 0 radical (unpaired) electrons. The first-order valence-electron chi connectivity index (χ1n) is 8.61. The number of hydrogen-bond acceptors (Lipinski definition) is 9. The monoisotopic (exact) mass is 396 g/mol. The molecule has 0 spiro atoms. The van der Waals surface area contributed by atoms with E-state index in [2.05, 4.69) is 0 Å². The highest BCUT2D eigenvalue weighted by atomic mass is 16.7. The molecule has 11 nitrogen and oxygen atoms in total. The van der Waals surface area contributed by atoms with E-state index in [0.29, 0.717) is 10.1 Å². The Hall–Kier alpha value is -3.08. The van der Waals surface area contributed by atoms with Crippen LogP contribution in [0.5, 0.6) is 0 Å². The Morgan fingerprint density at radius 2 is 1.39 bits per heavy atom. The summed E-state index contributed by atoms with van der Waals surface area (Å²) in [7, 11) is 0. The van der Waals surface area contributed by atoms with E-state index in [1.807, 2.05) is 0 Å². The van der Waals surface area contributed by atoms with Crippen LogP contribution in [0, 0.1) is 5.92 Å². The van der Waals surface area contributed by atoms with Crippen molar-refractivity contribution in [3.05, 3.63) is 11.6 Å². The Kier molecular flexibility index (Phi) is 6.99. The molecule has 2 saturated heterocycles. The number of imide groups is 2. The second kappa shape index (κ2) is 9.22. The molecule has 28 heavy (non-hydrogen) atoms. The van der Waals surface area contributed by atoms with Gasteiger partial charge in [0.2, 0.25) is 0 Å². The lowest BCUT2D eigenvalue weighted by molar-refractivity contribution is -0.201. The highest BCUT2D eigenvalue weighted by Gasteiger charge is 2.34. The third kappa shape index (κ3) is 5.22. The minimum atomic E-state index is -0.870. The number of ether oxygens (including phenoxy) is 1. The van der Waals surface area contributed by atoms with E-state index in [1.165, 1.54) is 19.9 Å². The summed E-state index contributed by atoms with van der Waals surface area (Å²) in [5.74, 6) is -4.73. The van der Waals surface area contributed by atoms with Gasteiger partial charge in [0.1, 0.15) is 0 Å². The van der Waals surface area contributed by atoms with Gasteiger partial charge < -0.3 is 14.4 Å². The molecule has 4 amide bonds. The van der Waals surface area contributed by atoms with Crippen molar-refractivity contribution in [1.29, 1.82) is 0 Å². The molecule has 1 atom stereocenters. The Bertz CT molecular complexity index is 711. The number of nitrogens with zero attached hydrogens (tertiary/aromatic N) is 2. The minimum Gasteiger partial charge on any atom is -0.376 e. The van der Waals surface area contributed by atoms with Gasteiger partial charge in [0.05, 0.1) is 19.1 Å². The Morgan fingerprint density at radius 3 is 1.89 bits per heavy atom. The van der Waals surface area contributed by atoms with Crippen LogP contribution in [0.15, 0.2) is 11.6 Å². The molecule has 152 valence electrons. The molecule has 2 heterocycles. The average Bonchev–Trinajstić information content (AvgIpc) is 3.14. The van der Waals surface area contributed by atoms with E-state index in [4.69, 9.17) is 14.4 Å². The van der Waals surface area contributed by atoms with E-state index in [-0.39, 0.29) is 44.5 Å². The first-order chi connectivity index (χ1) is 13.2. The molecule has 11 heteroatoms. The molecule has 0 N–H and O–H groups in total. The molecule has 2 aliphatic heterocycles. The van der Waals surface area contributed by atoms with Crippen molar-refractivity contribution in [3.8, 4) is 0 Å². The maximum absolute atomic E-state index is 11.9. The van der Waals surface area contributed by atoms with Gasteiger partial charge in [0.25, 0.3) is 23.6 Å². The van der Waals surface area contributed by atoms with Gasteiger partial charge in [0.15, 0.2) is 0 Å². The van der Waals surface area contributed by atoms with Crippen LogP contribution in [0.4, 0.5) is 0 Å². The van der Waals surface area contributed by atoms with Crippen LogP contribution in [0.2, 0.25) is 0 Å². The number of hydrogen-bond donors (Lipinski definition) is 0. The van der Waals surface area contributed by atoms with Gasteiger partial charge in [-0.3, -0.25) is 19.2 Å². The Balaban J connectivity index is 1.72.